The second-order valence-corrected chi connectivity index (χ2v) is 6.14. The molecule has 0 aliphatic heterocycles. The maximum absolute atomic E-state index is 4.23. The van der Waals surface area contributed by atoms with Crippen molar-refractivity contribution in [1.82, 2.24) is 10.3 Å². The van der Waals surface area contributed by atoms with Crippen LogP contribution in [0.3, 0.4) is 0 Å². The van der Waals surface area contributed by atoms with E-state index in [1.807, 2.05) is 18.5 Å². The number of hydrogen-bond acceptors (Lipinski definition) is 2. The van der Waals surface area contributed by atoms with Gasteiger partial charge in [0, 0.05) is 18.4 Å². The van der Waals surface area contributed by atoms with Crippen molar-refractivity contribution in [3.8, 4) is 0 Å². The lowest BCUT2D eigenvalue weighted by Gasteiger charge is -2.23. The fourth-order valence-electron chi connectivity index (χ4n) is 3.13. The summed E-state index contributed by atoms with van der Waals surface area (Å²) < 4.78 is 0. The second-order valence-electron chi connectivity index (χ2n) is 6.14. The Morgan fingerprint density at radius 2 is 2.14 bits per heavy atom. The van der Waals surface area contributed by atoms with Crippen LogP contribution in [0, 0.1) is 0 Å². The number of nitrogens with one attached hydrogen (secondary N) is 1. The molecule has 0 fully saturated rings. The van der Waals surface area contributed by atoms with E-state index in [0.29, 0.717) is 6.04 Å². The third-order valence-corrected chi connectivity index (χ3v) is 4.36. The molecule has 116 valence electrons. The van der Waals surface area contributed by atoms with Gasteiger partial charge in [-0.3, -0.25) is 4.98 Å². The topological polar surface area (TPSA) is 24.9 Å². The molecule has 0 spiro atoms. The molecule has 2 heteroatoms. The molecule has 21 heavy (non-hydrogen) atoms. The SMILES string of the molecule is CCCNC(CCc1cccnc1)/C1=C/CCCCCC1. The molecule has 1 unspecified atom stereocenters. The number of aryl methyl sites for hydroxylation is 1. The molecule has 0 aromatic carbocycles. The second kappa shape index (κ2) is 9.73. The van der Waals surface area contributed by atoms with Crippen LogP contribution in [-0.2, 0) is 6.42 Å². The summed E-state index contributed by atoms with van der Waals surface area (Å²) in [6.07, 6.45) is 18.0. The van der Waals surface area contributed by atoms with Crippen molar-refractivity contribution in [2.45, 2.75) is 70.8 Å². The lowest BCUT2D eigenvalue weighted by atomic mass is 9.91. The third-order valence-electron chi connectivity index (χ3n) is 4.36. The minimum Gasteiger partial charge on any atom is -0.310 e. The molecular formula is C19H30N2. The first-order chi connectivity index (χ1) is 10.4. The Morgan fingerprint density at radius 1 is 1.24 bits per heavy atom. The van der Waals surface area contributed by atoms with Crippen LogP contribution >= 0.6 is 0 Å². The van der Waals surface area contributed by atoms with Crippen LogP contribution in [0.5, 0.6) is 0 Å². The van der Waals surface area contributed by atoms with Gasteiger partial charge in [0.05, 0.1) is 0 Å². The van der Waals surface area contributed by atoms with Gasteiger partial charge in [0.15, 0.2) is 0 Å². The molecule has 2 nitrogen and oxygen atoms in total. The number of hydrogen-bond donors (Lipinski definition) is 1. The summed E-state index contributed by atoms with van der Waals surface area (Å²) in [6, 6.07) is 4.79. The Labute approximate surface area is 130 Å². The quantitative estimate of drug-likeness (QED) is 0.737. The molecule has 0 saturated carbocycles. The smallest absolute Gasteiger partial charge is 0.0299 e. The predicted octanol–water partition coefficient (Wildman–Crippen LogP) is 4.66. The molecule has 0 bridgehead atoms. The first kappa shape index (κ1) is 16.2. The number of pyridine rings is 1. The number of nitrogens with zero attached hydrogens (tertiary/aromatic N) is 1. The van der Waals surface area contributed by atoms with E-state index in [2.05, 4.69) is 29.4 Å². The van der Waals surface area contributed by atoms with Crippen molar-refractivity contribution >= 4 is 0 Å². The molecule has 1 aromatic rings. The largest absolute Gasteiger partial charge is 0.310 e. The molecule has 0 saturated heterocycles. The molecular weight excluding hydrogens is 256 g/mol. The lowest BCUT2D eigenvalue weighted by molar-refractivity contribution is 0.500. The first-order valence-corrected chi connectivity index (χ1v) is 8.71. The minimum absolute atomic E-state index is 0.559. The van der Waals surface area contributed by atoms with Crippen molar-refractivity contribution in [2.75, 3.05) is 6.54 Å². The van der Waals surface area contributed by atoms with E-state index >= 15 is 0 Å². The van der Waals surface area contributed by atoms with E-state index in [9.17, 15) is 0 Å². The highest BCUT2D eigenvalue weighted by atomic mass is 14.9. The van der Waals surface area contributed by atoms with Gasteiger partial charge >= 0.3 is 0 Å². The first-order valence-electron chi connectivity index (χ1n) is 8.71. The average Bonchev–Trinajstić information content (AvgIpc) is 2.49. The van der Waals surface area contributed by atoms with Gasteiger partial charge in [-0.25, -0.2) is 0 Å². The summed E-state index contributed by atoms with van der Waals surface area (Å²) in [5.74, 6) is 0. The van der Waals surface area contributed by atoms with Crippen LogP contribution in [0.1, 0.15) is 63.9 Å². The molecule has 1 heterocycles. The third kappa shape index (κ3) is 6.01. The van der Waals surface area contributed by atoms with Crippen molar-refractivity contribution < 1.29 is 0 Å². The van der Waals surface area contributed by atoms with Crippen LogP contribution in [0.25, 0.3) is 0 Å². The van der Waals surface area contributed by atoms with Crippen LogP contribution in [0.4, 0.5) is 0 Å². The summed E-state index contributed by atoms with van der Waals surface area (Å²) in [5.41, 5.74) is 3.01. The summed E-state index contributed by atoms with van der Waals surface area (Å²) >= 11 is 0. The number of rotatable bonds is 7. The number of aromatic nitrogens is 1. The van der Waals surface area contributed by atoms with Crippen LogP contribution in [0.2, 0.25) is 0 Å². The van der Waals surface area contributed by atoms with E-state index < -0.39 is 0 Å². The highest BCUT2D eigenvalue weighted by Gasteiger charge is 2.14. The zero-order chi connectivity index (χ0) is 14.8. The summed E-state index contributed by atoms with van der Waals surface area (Å²) in [4.78, 5) is 4.23. The van der Waals surface area contributed by atoms with Crippen molar-refractivity contribution in [1.29, 1.82) is 0 Å². The Hall–Kier alpha value is -1.15. The maximum atomic E-state index is 4.23. The zero-order valence-electron chi connectivity index (χ0n) is 13.5. The molecule has 1 aliphatic carbocycles. The zero-order valence-corrected chi connectivity index (χ0v) is 13.5. The van der Waals surface area contributed by atoms with Gasteiger partial charge in [-0.1, -0.05) is 37.5 Å². The summed E-state index contributed by atoms with van der Waals surface area (Å²) in [6.45, 7) is 3.37. The highest BCUT2D eigenvalue weighted by Crippen LogP contribution is 2.22. The molecule has 1 atom stereocenters. The molecule has 0 amide bonds. The van der Waals surface area contributed by atoms with E-state index in [1.165, 1.54) is 56.9 Å². The molecule has 1 aromatic heterocycles. The van der Waals surface area contributed by atoms with Gasteiger partial charge < -0.3 is 5.32 Å². The van der Waals surface area contributed by atoms with Gasteiger partial charge in [-0.2, -0.15) is 0 Å². The van der Waals surface area contributed by atoms with Crippen molar-refractivity contribution in [3.05, 3.63) is 41.7 Å². The van der Waals surface area contributed by atoms with Gasteiger partial charge in [-0.05, 0) is 63.1 Å². The Morgan fingerprint density at radius 3 is 2.95 bits per heavy atom. The standard InChI is InChI=1S/C19H30N2/c1-2-14-21-19(13-12-17-9-8-15-20-16-17)18-10-6-4-3-5-7-11-18/h8-10,15-16,19,21H,2-7,11-14H2,1H3/b18-10+. The number of allylic oxidation sites excluding steroid dienone is 1. The van der Waals surface area contributed by atoms with Crippen LogP contribution in [-0.4, -0.2) is 17.6 Å². The summed E-state index contributed by atoms with van der Waals surface area (Å²) in [7, 11) is 0. The Kier molecular flexibility index (Phi) is 7.51. The summed E-state index contributed by atoms with van der Waals surface area (Å²) in [5, 5.41) is 3.77. The van der Waals surface area contributed by atoms with Gasteiger partial charge in [0.2, 0.25) is 0 Å². The van der Waals surface area contributed by atoms with Crippen molar-refractivity contribution in [2.24, 2.45) is 0 Å². The van der Waals surface area contributed by atoms with Gasteiger partial charge in [0.25, 0.3) is 0 Å². The van der Waals surface area contributed by atoms with Crippen LogP contribution in [0.15, 0.2) is 36.2 Å². The van der Waals surface area contributed by atoms with E-state index in [4.69, 9.17) is 0 Å². The molecule has 1 N–H and O–H groups in total. The molecule has 2 rings (SSSR count). The van der Waals surface area contributed by atoms with Crippen LogP contribution < -0.4 is 5.32 Å². The van der Waals surface area contributed by atoms with E-state index in [-0.39, 0.29) is 0 Å². The fraction of sp³-hybridized carbons (Fsp3) is 0.632. The lowest BCUT2D eigenvalue weighted by Crippen LogP contribution is -2.32. The van der Waals surface area contributed by atoms with Crippen molar-refractivity contribution in [3.63, 3.8) is 0 Å². The van der Waals surface area contributed by atoms with E-state index in [1.54, 1.807) is 5.57 Å². The van der Waals surface area contributed by atoms with Gasteiger partial charge in [-0.15, -0.1) is 0 Å². The normalized spacial score (nSPS) is 20.1. The fourth-order valence-corrected chi connectivity index (χ4v) is 3.13. The monoisotopic (exact) mass is 286 g/mol. The Balaban J connectivity index is 1.95. The molecule has 1 aliphatic rings. The van der Waals surface area contributed by atoms with Gasteiger partial charge in [0.1, 0.15) is 0 Å². The minimum atomic E-state index is 0.559. The predicted molar refractivity (Wildman–Crippen MR) is 90.4 cm³/mol. The maximum Gasteiger partial charge on any atom is 0.0299 e. The highest BCUT2D eigenvalue weighted by molar-refractivity contribution is 5.14. The average molecular weight is 286 g/mol. The molecule has 0 radical (unpaired) electrons. The van der Waals surface area contributed by atoms with E-state index in [0.717, 1.165) is 13.0 Å². The Bertz CT molecular complexity index is 411.